The first kappa shape index (κ1) is 16.1. The van der Waals surface area contributed by atoms with Crippen LogP contribution >= 0.6 is 0 Å². The average Bonchev–Trinajstić information content (AvgIpc) is 2.62. The number of carboxylic acids is 1. The second-order valence-electron chi connectivity index (χ2n) is 5.98. The number of carbonyl (C=O) groups is 2. The number of carboxylic acid groups (broad SMARTS) is 1. The van der Waals surface area contributed by atoms with Crippen molar-refractivity contribution in [1.82, 2.24) is 4.90 Å². The van der Waals surface area contributed by atoms with E-state index in [4.69, 9.17) is 0 Å². The van der Waals surface area contributed by atoms with Crippen LogP contribution in [0.5, 0.6) is 0 Å². The Labute approximate surface area is 141 Å². The lowest BCUT2D eigenvalue weighted by atomic mass is 10.1. The standard InChI is InChI=1S/C19H20N2O3/c1-14-5-7-15(8-6-14)18(22)21-11-9-20(10-12-21)17-4-2-3-16(13-17)19(23)24/h2-8,13H,9-12H2,1H3,(H,23,24)/p-1. The fraction of sp³-hybridized carbons (Fsp3) is 0.263. The molecule has 0 atom stereocenters. The monoisotopic (exact) mass is 323 g/mol. The molecule has 24 heavy (non-hydrogen) atoms. The summed E-state index contributed by atoms with van der Waals surface area (Å²) in [7, 11) is 0. The van der Waals surface area contributed by atoms with Gasteiger partial charge in [0.2, 0.25) is 0 Å². The third kappa shape index (κ3) is 3.40. The van der Waals surface area contributed by atoms with E-state index in [0.717, 1.165) is 11.3 Å². The number of carbonyl (C=O) groups excluding carboxylic acids is 2. The fourth-order valence-electron chi connectivity index (χ4n) is 2.88. The third-order valence-corrected chi connectivity index (χ3v) is 4.31. The summed E-state index contributed by atoms with van der Waals surface area (Å²) in [6.45, 7) is 4.57. The number of hydrogen-bond donors (Lipinski definition) is 0. The number of hydrogen-bond acceptors (Lipinski definition) is 4. The molecule has 3 rings (SSSR count). The molecule has 0 aromatic heterocycles. The van der Waals surface area contributed by atoms with Crippen LogP contribution in [0.15, 0.2) is 48.5 Å². The highest BCUT2D eigenvalue weighted by Crippen LogP contribution is 2.19. The molecular weight excluding hydrogens is 304 g/mol. The van der Waals surface area contributed by atoms with Crippen LogP contribution in [0.3, 0.4) is 0 Å². The molecule has 1 heterocycles. The smallest absolute Gasteiger partial charge is 0.253 e. The van der Waals surface area contributed by atoms with Gasteiger partial charge in [-0.05, 0) is 36.8 Å². The molecule has 0 unspecified atom stereocenters. The molecule has 0 radical (unpaired) electrons. The van der Waals surface area contributed by atoms with Gasteiger partial charge in [0.25, 0.3) is 5.91 Å². The van der Waals surface area contributed by atoms with Crippen molar-refractivity contribution in [3.05, 3.63) is 65.2 Å². The quantitative estimate of drug-likeness (QED) is 0.855. The number of piperazine rings is 1. The van der Waals surface area contributed by atoms with Crippen LogP contribution in [0.25, 0.3) is 0 Å². The lowest BCUT2D eigenvalue weighted by Crippen LogP contribution is -2.48. The zero-order valence-corrected chi connectivity index (χ0v) is 13.6. The highest BCUT2D eigenvalue weighted by molar-refractivity contribution is 5.94. The van der Waals surface area contributed by atoms with Crippen molar-refractivity contribution in [2.75, 3.05) is 31.1 Å². The first-order valence-electron chi connectivity index (χ1n) is 7.97. The molecule has 1 aliphatic heterocycles. The van der Waals surface area contributed by atoms with Crippen molar-refractivity contribution in [2.24, 2.45) is 0 Å². The summed E-state index contributed by atoms with van der Waals surface area (Å²) in [5, 5.41) is 11.0. The van der Waals surface area contributed by atoms with Crippen LogP contribution in [0.4, 0.5) is 5.69 Å². The van der Waals surface area contributed by atoms with Gasteiger partial charge in [0.1, 0.15) is 0 Å². The maximum Gasteiger partial charge on any atom is 0.253 e. The summed E-state index contributed by atoms with van der Waals surface area (Å²) in [5.74, 6) is -1.14. The Balaban J connectivity index is 1.65. The first-order valence-corrected chi connectivity index (χ1v) is 7.97. The van der Waals surface area contributed by atoms with Crippen LogP contribution in [0, 0.1) is 6.92 Å². The van der Waals surface area contributed by atoms with Crippen LogP contribution in [0.1, 0.15) is 26.3 Å². The minimum atomic E-state index is -1.18. The summed E-state index contributed by atoms with van der Waals surface area (Å²) in [4.78, 5) is 27.4. The molecular formula is C19H19N2O3-. The number of aromatic carboxylic acids is 1. The fourth-order valence-corrected chi connectivity index (χ4v) is 2.88. The van der Waals surface area contributed by atoms with Gasteiger partial charge < -0.3 is 19.7 Å². The predicted molar refractivity (Wildman–Crippen MR) is 90.1 cm³/mol. The van der Waals surface area contributed by atoms with Gasteiger partial charge in [0.05, 0.1) is 5.97 Å². The predicted octanol–water partition coefficient (Wildman–Crippen LogP) is 1.32. The Hall–Kier alpha value is -2.82. The maximum absolute atomic E-state index is 12.5. The highest BCUT2D eigenvalue weighted by Gasteiger charge is 2.22. The van der Waals surface area contributed by atoms with Crippen molar-refractivity contribution in [3.8, 4) is 0 Å². The summed E-state index contributed by atoms with van der Waals surface area (Å²) in [6.07, 6.45) is 0. The van der Waals surface area contributed by atoms with Crippen molar-refractivity contribution in [2.45, 2.75) is 6.92 Å². The number of anilines is 1. The first-order chi connectivity index (χ1) is 11.5. The van der Waals surface area contributed by atoms with E-state index in [1.165, 1.54) is 6.07 Å². The Morgan fingerprint density at radius 3 is 2.21 bits per heavy atom. The van der Waals surface area contributed by atoms with Crippen LogP contribution in [-0.2, 0) is 0 Å². The number of amides is 1. The summed E-state index contributed by atoms with van der Waals surface area (Å²) >= 11 is 0. The topological polar surface area (TPSA) is 63.7 Å². The summed E-state index contributed by atoms with van der Waals surface area (Å²) in [5.41, 5.74) is 2.85. The molecule has 1 saturated heterocycles. The Morgan fingerprint density at radius 2 is 1.58 bits per heavy atom. The molecule has 1 amide bonds. The van der Waals surface area contributed by atoms with Crippen molar-refractivity contribution >= 4 is 17.6 Å². The number of nitrogens with zero attached hydrogens (tertiary/aromatic N) is 2. The van der Waals surface area contributed by atoms with E-state index in [9.17, 15) is 14.7 Å². The Morgan fingerprint density at radius 1 is 0.917 bits per heavy atom. The second-order valence-corrected chi connectivity index (χ2v) is 5.98. The molecule has 2 aromatic carbocycles. The normalized spacial score (nSPS) is 14.5. The van der Waals surface area contributed by atoms with E-state index in [1.54, 1.807) is 12.1 Å². The van der Waals surface area contributed by atoms with Crippen molar-refractivity contribution in [1.29, 1.82) is 0 Å². The van der Waals surface area contributed by atoms with Gasteiger partial charge in [-0.25, -0.2) is 0 Å². The largest absolute Gasteiger partial charge is 0.545 e. The van der Waals surface area contributed by atoms with Gasteiger partial charge in [-0.3, -0.25) is 4.79 Å². The maximum atomic E-state index is 12.5. The van der Waals surface area contributed by atoms with Gasteiger partial charge in [0.15, 0.2) is 0 Å². The minimum absolute atomic E-state index is 0.0399. The summed E-state index contributed by atoms with van der Waals surface area (Å²) in [6, 6.07) is 14.3. The third-order valence-electron chi connectivity index (χ3n) is 4.31. The molecule has 0 aliphatic carbocycles. The van der Waals surface area contributed by atoms with Crippen LogP contribution in [-0.4, -0.2) is 43.0 Å². The molecule has 1 aliphatic rings. The van der Waals surface area contributed by atoms with E-state index in [0.29, 0.717) is 31.7 Å². The molecule has 1 fully saturated rings. The van der Waals surface area contributed by atoms with Crippen LogP contribution < -0.4 is 10.0 Å². The van der Waals surface area contributed by atoms with E-state index in [2.05, 4.69) is 4.90 Å². The molecule has 5 heteroatoms. The zero-order valence-electron chi connectivity index (χ0n) is 13.6. The molecule has 2 aromatic rings. The second kappa shape index (κ2) is 6.74. The van der Waals surface area contributed by atoms with Gasteiger partial charge >= 0.3 is 0 Å². The lowest BCUT2D eigenvalue weighted by Gasteiger charge is -2.36. The molecule has 0 bridgehead atoms. The Bertz CT molecular complexity index is 747. The number of aryl methyl sites for hydroxylation is 1. The van der Waals surface area contributed by atoms with Gasteiger partial charge in [0, 0.05) is 37.4 Å². The lowest BCUT2D eigenvalue weighted by molar-refractivity contribution is -0.255. The minimum Gasteiger partial charge on any atom is -0.545 e. The average molecular weight is 323 g/mol. The van der Waals surface area contributed by atoms with Gasteiger partial charge in [-0.15, -0.1) is 0 Å². The van der Waals surface area contributed by atoms with Crippen LogP contribution in [0.2, 0.25) is 0 Å². The molecule has 124 valence electrons. The van der Waals surface area contributed by atoms with E-state index in [-0.39, 0.29) is 11.5 Å². The Kier molecular flexibility index (Phi) is 4.51. The van der Waals surface area contributed by atoms with E-state index in [1.807, 2.05) is 42.2 Å². The van der Waals surface area contributed by atoms with Crippen molar-refractivity contribution in [3.63, 3.8) is 0 Å². The van der Waals surface area contributed by atoms with E-state index >= 15 is 0 Å². The number of rotatable bonds is 3. The molecule has 0 N–H and O–H groups in total. The van der Waals surface area contributed by atoms with Gasteiger partial charge in [-0.2, -0.15) is 0 Å². The molecule has 5 nitrogen and oxygen atoms in total. The van der Waals surface area contributed by atoms with Crippen molar-refractivity contribution < 1.29 is 14.7 Å². The highest BCUT2D eigenvalue weighted by atomic mass is 16.4. The van der Waals surface area contributed by atoms with E-state index < -0.39 is 5.97 Å². The summed E-state index contributed by atoms with van der Waals surface area (Å²) < 4.78 is 0. The SMILES string of the molecule is Cc1ccc(C(=O)N2CCN(c3cccc(C(=O)[O-])c3)CC2)cc1. The van der Waals surface area contributed by atoms with Gasteiger partial charge in [-0.1, -0.05) is 29.8 Å². The molecule has 0 saturated carbocycles. The number of benzene rings is 2. The zero-order chi connectivity index (χ0) is 17.1. The molecule has 0 spiro atoms.